The molecule has 0 bridgehead atoms. The summed E-state index contributed by atoms with van der Waals surface area (Å²) < 4.78 is 0. The molecule has 0 unspecified atom stereocenters. The number of phenolic OH excluding ortho intramolecular Hbond substituents is 1. The first-order valence-corrected chi connectivity index (χ1v) is 11.1. The number of aryl methyl sites for hydroxylation is 3. The van der Waals surface area contributed by atoms with Crippen molar-refractivity contribution in [2.75, 3.05) is 5.73 Å². The average molecular weight is 406 g/mol. The van der Waals surface area contributed by atoms with Crippen molar-refractivity contribution in [1.82, 2.24) is 4.98 Å². The minimum Gasteiger partial charge on any atom is -0.507 e. The predicted molar refractivity (Wildman–Crippen MR) is 130 cm³/mol. The topological polar surface area (TPSA) is 83.0 Å². The number of hydrogen-bond acceptors (Lipinski definition) is 4. The van der Waals surface area contributed by atoms with E-state index >= 15 is 0 Å². The van der Waals surface area contributed by atoms with E-state index in [1.807, 2.05) is 65.8 Å². The molecule has 4 N–H and O–H groups in total. The third kappa shape index (κ3) is 4.18. The van der Waals surface area contributed by atoms with Crippen molar-refractivity contribution < 1.29 is 5.11 Å². The molecule has 160 valence electrons. The van der Waals surface area contributed by atoms with Gasteiger partial charge in [0, 0.05) is 28.4 Å². The zero-order valence-electron chi connectivity index (χ0n) is 19.2. The number of nitrogen functional groups attached to an aromatic ring is 1. The number of fused-ring (bicyclic) bond motifs is 3. The minimum atomic E-state index is 0.349. The number of aromatic hydroxyl groups is 1. The van der Waals surface area contributed by atoms with Crippen molar-refractivity contribution in [3.05, 3.63) is 52.1 Å². The lowest BCUT2D eigenvalue weighted by Gasteiger charge is -2.23. The molecule has 4 rings (SSSR count). The first-order chi connectivity index (χ1) is 14.5. The molecule has 1 heterocycles. The Hall–Kier alpha value is -2.88. The molecule has 0 saturated carbocycles. The Morgan fingerprint density at radius 1 is 0.967 bits per heavy atom. The van der Waals surface area contributed by atoms with Crippen LogP contribution in [0, 0.1) is 19.3 Å². The zero-order chi connectivity index (χ0) is 22.4. The second kappa shape index (κ2) is 10.2. The summed E-state index contributed by atoms with van der Waals surface area (Å²) in [6, 6.07) is 7.82. The van der Waals surface area contributed by atoms with Crippen LogP contribution in [0.3, 0.4) is 0 Å². The number of benzene rings is 2. The second-order valence-corrected chi connectivity index (χ2v) is 7.19. The third-order valence-corrected chi connectivity index (χ3v) is 5.45. The van der Waals surface area contributed by atoms with Crippen molar-refractivity contribution in [2.45, 2.75) is 67.2 Å². The van der Waals surface area contributed by atoms with E-state index in [1.165, 1.54) is 17.3 Å². The number of aromatic nitrogens is 1. The first kappa shape index (κ1) is 23.4. The van der Waals surface area contributed by atoms with Crippen LogP contribution in [-0.4, -0.2) is 16.3 Å². The summed E-state index contributed by atoms with van der Waals surface area (Å²) in [5, 5.41) is 19.0. The lowest BCUT2D eigenvalue weighted by Crippen LogP contribution is -2.10. The van der Waals surface area contributed by atoms with E-state index in [9.17, 15) is 5.11 Å². The van der Waals surface area contributed by atoms with Gasteiger partial charge < -0.3 is 16.2 Å². The molecule has 0 atom stereocenters. The van der Waals surface area contributed by atoms with Crippen LogP contribution < -0.4 is 5.73 Å². The lowest BCUT2D eigenvalue weighted by molar-refractivity contribution is 0.467. The second-order valence-electron chi connectivity index (χ2n) is 7.19. The van der Waals surface area contributed by atoms with Crippen LogP contribution in [0.2, 0.25) is 0 Å². The van der Waals surface area contributed by atoms with Gasteiger partial charge in [-0.1, -0.05) is 27.7 Å². The van der Waals surface area contributed by atoms with Gasteiger partial charge in [0.1, 0.15) is 5.75 Å². The summed E-state index contributed by atoms with van der Waals surface area (Å²) in [4.78, 5) is 4.98. The van der Waals surface area contributed by atoms with E-state index in [-0.39, 0.29) is 0 Å². The van der Waals surface area contributed by atoms with Crippen LogP contribution in [0.15, 0.2) is 24.3 Å². The number of nitrogens with two attached hydrogens (primary N) is 1. The maximum absolute atomic E-state index is 10.1. The van der Waals surface area contributed by atoms with Crippen LogP contribution in [0.1, 0.15) is 68.4 Å². The Kier molecular flexibility index (Phi) is 7.99. The zero-order valence-corrected chi connectivity index (χ0v) is 19.2. The Balaban J connectivity index is 0.000000757. The van der Waals surface area contributed by atoms with Gasteiger partial charge in [0.25, 0.3) is 0 Å². The van der Waals surface area contributed by atoms with Gasteiger partial charge in [0.2, 0.25) is 0 Å². The van der Waals surface area contributed by atoms with Gasteiger partial charge in [-0.2, -0.15) is 0 Å². The van der Waals surface area contributed by atoms with Crippen LogP contribution in [0.4, 0.5) is 5.69 Å². The summed E-state index contributed by atoms with van der Waals surface area (Å²) in [7, 11) is 0. The summed E-state index contributed by atoms with van der Waals surface area (Å²) >= 11 is 0. The predicted octanol–water partition coefficient (Wildman–Crippen LogP) is 6.74. The maximum Gasteiger partial charge on any atom is 0.121 e. The molecule has 4 nitrogen and oxygen atoms in total. The standard InChI is InChI=1S/C22H23N3O.2C2H6/c1-12-9-14(10-13(2)22(12)26)21-16-6-4-3-5-15(16)20-17(11-23)18(24)7-8-19(20)25-21;2*1-2/h7-11,23,26H,3-6,24H2,1-2H3;2*1-2H3. The monoisotopic (exact) mass is 405 g/mol. The average Bonchev–Trinajstić information content (AvgIpc) is 2.79. The fourth-order valence-electron chi connectivity index (χ4n) is 4.15. The van der Waals surface area contributed by atoms with Gasteiger partial charge in [-0.25, -0.2) is 4.98 Å². The Labute approximate surface area is 180 Å². The quantitative estimate of drug-likeness (QED) is 0.326. The van der Waals surface area contributed by atoms with Gasteiger partial charge in [-0.3, -0.25) is 0 Å². The Morgan fingerprint density at radius 2 is 1.53 bits per heavy atom. The molecular weight excluding hydrogens is 370 g/mol. The first-order valence-electron chi connectivity index (χ1n) is 11.1. The molecule has 0 amide bonds. The van der Waals surface area contributed by atoms with E-state index in [0.29, 0.717) is 11.4 Å². The fraction of sp³-hybridized carbons (Fsp3) is 0.385. The van der Waals surface area contributed by atoms with Gasteiger partial charge in [-0.15, -0.1) is 0 Å². The van der Waals surface area contributed by atoms with Crippen molar-refractivity contribution in [2.24, 2.45) is 0 Å². The fourth-order valence-corrected chi connectivity index (χ4v) is 4.15. The molecule has 3 aromatic rings. The molecule has 1 aromatic heterocycles. The number of phenols is 1. The van der Waals surface area contributed by atoms with Crippen LogP contribution in [0.5, 0.6) is 5.75 Å². The molecule has 0 spiro atoms. The molecule has 1 aliphatic carbocycles. The SMILES string of the molecule is CC.CC.Cc1cc(-c2nc3ccc(N)c(C=N)c3c3c2CCCC3)cc(C)c1O. The number of rotatable bonds is 2. The number of nitrogens with zero attached hydrogens (tertiary/aromatic N) is 1. The van der Waals surface area contributed by atoms with Crippen LogP contribution in [0.25, 0.3) is 22.2 Å². The summed E-state index contributed by atoms with van der Waals surface area (Å²) in [5.41, 5.74) is 14.7. The smallest absolute Gasteiger partial charge is 0.121 e. The molecule has 0 saturated heterocycles. The van der Waals surface area contributed by atoms with E-state index in [1.54, 1.807) is 0 Å². The minimum absolute atomic E-state index is 0.349. The Morgan fingerprint density at radius 3 is 2.10 bits per heavy atom. The van der Waals surface area contributed by atoms with Crippen LogP contribution >= 0.6 is 0 Å². The van der Waals surface area contributed by atoms with E-state index in [2.05, 4.69) is 0 Å². The van der Waals surface area contributed by atoms with Gasteiger partial charge in [0.05, 0.1) is 11.2 Å². The summed E-state index contributed by atoms with van der Waals surface area (Å²) in [6.45, 7) is 11.8. The highest BCUT2D eigenvalue weighted by atomic mass is 16.3. The molecular formula is C26H35N3O. The molecule has 4 heteroatoms. The van der Waals surface area contributed by atoms with Crippen molar-refractivity contribution in [3.63, 3.8) is 0 Å². The van der Waals surface area contributed by atoms with Gasteiger partial charge >= 0.3 is 0 Å². The summed E-state index contributed by atoms with van der Waals surface area (Å²) in [6.07, 6.45) is 5.61. The number of pyridine rings is 1. The molecule has 0 aliphatic heterocycles. The van der Waals surface area contributed by atoms with Crippen molar-refractivity contribution in [1.29, 1.82) is 5.41 Å². The van der Waals surface area contributed by atoms with E-state index in [0.717, 1.165) is 64.5 Å². The third-order valence-electron chi connectivity index (χ3n) is 5.45. The number of nitrogens with one attached hydrogen (secondary N) is 1. The molecule has 30 heavy (non-hydrogen) atoms. The highest BCUT2D eigenvalue weighted by molar-refractivity contribution is 6.05. The Bertz CT molecular complexity index is 1030. The van der Waals surface area contributed by atoms with Crippen molar-refractivity contribution >= 4 is 22.8 Å². The lowest BCUT2D eigenvalue weighted by atomic mass is 9.84. The molecule has 0 fully saturated rings. The highest BCUT2D eigenvalue weighted by Gasteiger charge is 2.22. The van der Waals surface area contributed by atoms with E-state index in [4.69, 9.17) is 16.1 Å². The number of anilines is 1. The van der Waals surface area contributed by atoms with Gasteiger partial charge in [-0.05, 0) is 86.1 Å². The molecule has 1 aliphatic rings. The van der Waals surface area contributed by atoms with Crippen LogP contribution in [-0.2, 0) is 12.8 Å². The number of hydrogen-bond donors (Lipinski definition) is 3. The van der Waals surface area contributed by atoms with E-state index < -0.39 is 0 Å². The molecule has 0 radical (unpaired) electrons. The molecule has 2 aromatic carbocycles. The maximum atomic E-state index is 10.1. The largest absolute Gasteiger partial charge is 0.507 e. The summed E-state index contributed by atoms with van der Waals surface area (Å²) in [5.74, 6) is 0.349. The normalized spacial score (nSPS) is 12.2. The van der Waals surface area contributed by atoms with Crippen molar-refractivity contribution in [3.8, 4) is 17.0 Å². The highest BCUT2D eigenvalue weighted by Crippen LogP contribution is 2.38. The van der Waals surface area contributed by atoms with Gasteiger partial charge in [0.15, 0.2) is 0 Å².